The molecular formula is C25H31N3O5. The molecule has 1 aliphatic rings. The quantitative estimate of drug-likeness (QED) is 0.289. The lowest BCUT2D eigenvalue weighted by molar-refractivity contribution is -0.140. The largest absolute Gasteiger partial charge is 0.507 e. The van der Waals surface area contributed by atoms with Crippen molar-refractivity contribution in [3.63, 3.8) is 0 Å². The number of rotatable bonds is 7. The predicted molar refractivity (Wildman–Crippen MR) is 125 cm³/mol. The van der Waals surface area contributed by atoms with Crippen LogP contribution in [-0.2, 0) is 14.3 Å². The summed E-state index contributed by atoms with van der Waals surface area (Å²) in [5, 5.41) is 11.4. The third kappa shape index (κ3) is 4.57. The topological polar surface area (TPSA) is 103 Å². The van der Waals surface area contributed by atoms with Crippen LogP contribution in [0.25, 0.3) is 5.76 Å². The van der Waals surface area contributed by atoms with E-state index in [1.165, 1.54) is 4.90 Å². The number of nitrogens with one attached hydrogen (secondary N) is 1. The summed E-state index contributed by atoms with van der Waals surface area (Å²) >= 11 is 0. The number of aliphatic hydroxyl groups is 1. The van der Waals surface area contributed by atoms with Gasteiger partial charge in [0.25, 0.3) is 11.7 Å². The number of likely N-dealkylation sites (N-methyl/N-ethyl adjacent to an activating group) is 1. The number of hydrogen-bond donors (Lipinski definition) is 2. The normalized spacial score (nSPS) is 17.8. The molecule has 0 saturated carbocycles. The van der Waals surface area contributed by atoms with Gasteiger partial charge in [-0.15, -0.1) is 0 Å². The third-order valence-electron chi connectivity index (χ3n) is 5.88. The molecule has 1 saturated heterocycles. The Hall–Kier alpha value is -3.39. The molecule has 0 aliphatic carbocycles. The lowest BCUT2D eigenvalue weighted by atomic mass is 9.93. The van der Waals surface area contributed by atoms with Gasteiger partial charge in [-0.1, -0.05) is 29.8 Å². The van der Waals surface area contributed by atoms with Crippen molar-refractivity contribution in [2.24, 2.45) is 0 Å². The number of hydrogen-bond acceptors (Lipinski definition) is 6. The first-order valence-electron chi connectivity index (χ1n) is 10.9. The first-order valence-corrected chi connectivity index (χ1v) is 10.9. The van der Waals surface area contributed by atoms with Crippen LogP contribution in [0.3, 0.4) is 0 Å². The Morgan fingerprint density at radius 3 is 2.36 bits per heavy atom. The highest BCUT2D eigenvalue weighted by atomic mass is 16.5. The van der Waals surface area contributed by atoms with Gasteiger partial charge in [0.05, 0.1) is 18.2 Å². The number of aryl methyl sites for hydroxylation is 2. The van der Waals surface area contributed by atoms with Gasteiger partial charge in [-0.3, -0.25) is 9.59 Å². The fraction of sp³-hybridized carbons (Fsp3) is 0.400. The summed E-state index contributed by atoms with van der Waals surface area (Å²) in [4.78, 5) is 44.9. The van der Waals surface area contributed by atoms with Crippen LogP contribution in [0.5, 0.6) is 0 Å². The number of nitrogens with zero attached hydrogens (tertiary/aromatic N) is 2. The minimum Gasteiger partial charge on any atom is -0.507 e. The van der Waals surface area contributed by atoms with Crippen molar-refractivity contribution in [2.75, 3.05) is 33.8 Å². The van der Waals surface area contributed by atoms with Gasteiger partial charge < -0.3 is 24.6 Å². The Kier molecular flexibility index (Phi) is 7.07. The number of ether oxygens (including phenoxy) is 1. The molecule has 1 atom stereocenters. The molecule has 3 rings (SSSR count). The number of benzene rings is 1. The van der Waals surface area contributed by atoms with Crippen LogP contribution < -0.4 is 0 Å². The van der Waals surface area contributed by atoms with Crippen molar-refractivity contribution in [3.05, 3.63) is 63.5 Å². The van der Waals surface area contributed by atoms with Crippen molar-refractivity contribution >= 4 is 23.4 Å². The van der Waals surface area contributed by atoms with Gasteiger partial charge in [0, 0.05) is 24.3 Å². The van der Waals surface area contributed by atoms with E-state index in [-0.39, 0.29) is 23.6 Å². The van der Waals surface area contributed by atoms with E-state index in [0.29, 0.717) is 29.9 Å². The maximum atomic E-state index is 13.2. The number of likely N-dealkylation sites (tertiary alicyclic amines) is 1. The number of aliphatic hydroxyl groups excluding tert-OH is 1. The Morgan fingerprint density at radius 1 is 1.15 bits per heavy atom. The fourth-order valence-electron chi connectivity index (χ4n) is 4.16. The molecule has 1 aromatic carbocycles. The van der Waals surface area contributed by atoms with Crippen molar-refractivity contribution in [3.8, 4) is 0 Å². The molecule has 176 valence electrons. The van der Waals surface area contributed by atoms with E-state index in [1.807, 2.05) is 50.2 Å². The second-order valence-corrected chi connectivity index (χ2v) is 8.55. The summed E-state index contributed by atoms with van der Waals surface area (Å²) in [6, 6.07) is 6.82. The van der Waals surface area contributed by atoms with Gasteiger partial charge in [-0.25, -0.2) is 4.79 Å². The first kappa shape index (κ1) is 24.3. The average molecular weight is 454 g/mol. The van der Waals surface area contributed by atoms with Crippen molar-refractivity contribution in [1.29, 1.82) is 0 Å². The molecule has 1 fully saturated rings. The molecule has 0 radical (unpaired) electrons. The second-order valence-electron chi connectivity index (χ2n) is 8.55. The molecular weight excluding hydrogens is 422 g/mol. The van der Waals surface area contributed by atoms with Gasteiger partial charge in [-0.05, 0) is 52.9 Å². The van der Waals surface area contributed by atoms with Crippen LogP contribution >= 0.6 is 0 Å². The molecule has 2 aromatic rings. The van der Waals surface area contributed by atoms with Crippen LogP contribution in [0.1, 0.15) is 51.4 Å². The van der Waals surface area contributed by atoms with E-state index in [2.05, 4.69) is 4.98 Å². The maximum absolute atomic E-state index is 13.2. The number of H-pyrrole nitrogens is 1. The Balaban J connectivity index is 2.19. The molecule has 0 spiro atoms. The molecule has 33 heavy (non-hydrogen) atoms. The summed E-state index contributed by atoms with van der Waals surface area (Å²) in [6.45, 7) is 8.14. The van der Waals surface area contributed by atoms with Gasteiger partial charge in [0.1, 0.15) is 11.5 Å². The SMILES string of the molecule is CCOC(=O)c1[nH]c(C)c(/C(O)=C2\C(=O)C(=O)N(CCN(C)C)[C@@H]2c2ccc(C)cc2)c1C. The lowest BCUT2D eigenvalue weighted by Crippen LogP contribution is -2.35. The first-order chi connectivity index (χ1) is 15.6. The molecule has 1 aromatic heterocycles. The van der Waals surface area contributed by atoms with E-state index in [0.717, 1.165) is 11.1 Å². The molecule has 8 nitrogen and oxygen atoms in total. The van der Waals surface area contributed by atoms with Crippen LogP contribution in [0, 0.1) is 20.8 Å². The zero-order valence-electron chi connectivity index (χ0n) is 20.0. The van der Waals surface area contributed by atoms with E-state index < -0.39 is 23.7 Å². The highest BCUT2D eigenvalue weighted by Crippen LogP contribution is 2.40. The summed E-state index contributed by atoms with van der Waals surface area (Å²) in [5.41, 5.74) is 3.31. The standard InChI is InChI=1S/C25H31N3O5/c1-7-33-25(32)20-15(3)18(16(4)26-20)22(29)19-21(17-10-8-14(2)9-11-17)28(13-12-27(5)6)24(31)23(19)30/h8-11,21,26,29H,7,12-13H2,1-6H3/b22-19+/t21-/m1/s1. The number of esters is 1. The van der Waals surface area contributed by atoms with Gasteiger partial charge in [-0.2, -0.15) is 0 Å². The van der Waals surface area contributed by atoms with E-state index in [9.17, 15) is 19.5 Å². The minimum atomic E-state index is -0.741. The van der Waals surface area contributed by atoms with Crippen LogP contribution in [0.2, 0.25) is 0 Å². The molecule has 2 heterocycles. The Labute approximate surface area is 193 Å². The van der Waals surface area contributed by atoms with Crippen molar-refractivity contribution in [1.82, 2.24) is 14.8 Å². The monoisotopic (exact) mass is 453 g/mol. The predicted octanol–water partition coefficient (Wildman–Crippen LogP) is 3.10. The number of carbonyl (C=O) groups is 3. The summed E-state index contributed by atoms with van der Waals surface area (Å²) in [6.07, 6.45) is 0. The number of ketones is 1. The molecule has 8 heteroatoms. The van der Waals surface area contributed by atoms with Gasteiger partial charge in [0.15, 0.2) is 0 Å². The number of amides is 1. The summed E-state index contributed by atoms with van der Waals surface area (Å²) in [5.74, 6) is -2.23. The fourth-order valence-corrected chi connectivity index (χ4v) is 4.16. The van der Waals surface area contributed by atoms with Gasteiger partial charge in [0.2, 0.25) is 0 Å². The van der Waals surface area contributed by atoms with Gasteiger partial charge >= 0.3 is 5.97 Å². The Bertz CT molecular complexity index is 1110. The molecule has 1 amide bonds. The molecule has 2 N–H and O–H groups in total. The zero-order chi connectivity index (χ0) is 24.4. The maximum Gasteiger partial charge on any atom is 0.355 e. The molecule has 0 unspecified atom stereocenters. The minimum absolute atomic E-state index is 0.0169. The summed E-state index contributed by atoms with van der Waals surface area (Å²) in [7, 11) is 3.78. The molecule has 1 aliphatic heterocycles. The van der Waals surface area contributed by atoms with Crippen LogP contribution in [0.15, 0.2) is 29.8 Å². The number of aromatic nitrogens is 1. The van der Waals surface area contributed by atoms with E-state index in [1.54, 1.807) is 20.8 Å². The molecule has 0 bridgehead atoms. The Morgan fingerprint density at radius 2 is 1.79 bits per heavy atom. The van der Waals surface area contributed by atoms with Crippen molar-refractivity contribution in [2.45, 2.75) is 33.7 Å². The number of carbonyl (C=O) groups excluding carboxylic acids is 3. The third-order valence-corrected chi connectivity index (χ3v) is 5.88. The average Bonchev–Trinajstić information content (AvgIpc) is 3.19. The smallest absolute Gasteiger partial charge is 0.355 e. The van der Waals surface area contributed by atoms with E-state index >= 15 is 0 Å². The summed E-state index contributed by atoms with van der Waals surface area (Å²) < 4.78 is 5.09. The van der Waals surface area contributed by atoms with Crippen molar-refractivity contribution < 1.29 is 24.2 Å². The number of Topliss-reactive ketones (excluding diaryl/α,β-unsaturated/α-hetero) is 1. The highest BCUT2D eigenvalue weighted by molar-refractivity contribution is 6.46. The highest BCUT2D eigenvalue weighted by Gasteiger charge is 2.46. The van der Waals surface area contributed by atoms with Crippen LogP contribution in [0.4, 0.5) is 0 Å². The van der Waals surface area contributed by atoms with Crippen LogP contribution in [-0.4, -0.2) is 71.3 Å². The lowest BCUT2D eigenvalue weighted by Gasteiger charge is -2.26. The van der Waals surface area contributed by atoms with E-state index in [4.69, 9.17) is 4.74 Å². The zero-order valence-corrected chi connectivity index (χ0v) is 20.0. The second kappa shape index (κ2) is 9.62. The number of aromatic amines is 1.